The molecule has 4 nitrogen and oxygen atoms in total. The third-order valence-corrected chi connectivity index (χ3v) is 7.04. The van der Waals surface area contributed by atoms with Crippen molar-refractivity contribution in [2.24, 2.45) is 9.98 Å². The quantitative estimate of drug-likeness (QED) is 0.690. The van der Waals surface area contributed by atoms with Crippen molar-refractivity contribution in [1.29, 1.82) is 0 Å². The summed E-state index contributed by atoms with van der Waals surface area (Å²) in [5, 5.41) is 0. The molecule has 0 N–H and O–H groups in total. The van der Waals surface area contributed by atoms with Gasteiger partial charge in [-0.3, -0.25) is 0 Å². The number of ether oxygens (including phenoxy) is 2. The molecule has 0 aromatic rings. The molecule has 4 heteroatoms. The second-order valence-corrected chi connectivity index (χ2v) is 8.74. The van der Waals surface area contributed by atoms with Crippen LogP contribution in [0.15, 0.2) is 9.98 Å². The first-order valence-electron chi connectivity index (χ1n) is 10.6. The van der Waals surface area contributed by atoms with Gasteiger partial charge in [0, 0.05) is 0 Å². The summed E-state index contributed by atoms with van der Waals surface area (Å²) in [6.45, 7) is 4.45. The fourth-order valence-electron chi connectivity index (χ4n) is 5.35. The Morgan fingerprint density at radius 2 is 1.04 bits per heavy atom. The minimum Gasteiger partial charge on any atom is -0.472 e. The van der Waals surface area contributed by atoms with Crippen molar-refractivity contribution in [2.75, 3.05) is 0 Å². The molecule has 0 aromatic carbocycles. The third kappa shape index (κ3) is 3.33. The Labute approximate surface area is 152 Å². The van der Waals surface area contributed by atoms with Crippen molar-refractivity contribution < 1.29 is 9.47 Å². The smallest absolute Gasteiger partial charge is 0.193 e. The van der Waals surface area contributed by atoms with Crippen molar-refractivity contribution in [3.63, 3.8) is 0 Å². The normalized spacial score (nSPS) is 34.0. The van der Waals surface area contributed by atoms with Gasteiger partial charge in [-0.15, -0.1) is 0 Å². The maximum Gasteiger partial charge on any atom is 0.193 e. The van der Waals surface area contributed by atoms with E-state index < -0.39 is 0 Å². The Bertz CT molecular complexity index is 490. The van der Waals surface area contributed by atoms with E-state index >= 15 is 0 Å². The molecule has 0 radical (unpaired) electrons. The minimum atomic E-state index is -0.0450. The first-order chi connectivity index (χ1) is 12.1. The highest BCUT2D eigenvalue weighted by Crippen LogP contribution is 2.41. The SMILES string of the molecule is C[C@@H]1N=C(CC2=N[C@@H](C)C3(CCCCCC3)O2)OC12CCCCCC2. The minimum absolute atomic E-state index is 0.0450. The van der Waals surface area contributed by atoms with Crippen molar-refractivity contribution in [2.45, 2.75) is 121 Å². The molecule has 0 aromatic heterocycles. The molecule has 0 saturated heterocycles. The van der Waals surface area contributed by atoms with Crippen LogP contribution in [0.4, 0.5) is 0 Å². The third-order valence-electron chi connectivity index (χ3n) is 7.04. The van der Waals surface area contributed by atoms with Gasteiger partial charge >= 0.3 is 0 Å². The van der Waals surface area contributed by atoms with Crippen LogP contribution in [0.5, 0.6) is 0 Å². The summed E-state index contributed by atoms with van der Waals surface area (Å²) in [7, 11) is 0. The lowest BCUT2D eigenvalue weighted by Crippen LogP contribution is -2.39. The highest BCUT2D eigenvalue weighted by atomic mass is 16.5. The summed E-state index contributed by atoms with van der Waals surface area (Å²) in [5.74, 6) is 1.73. The van der Waals surface area contributed by atoms with E-state index in [9.17, 15) is 0 Å². The summed E-state index contributed by atoms with van der Waals surface area (Å²) in [4.78, 5) is 9.76. The average Bonchev–Trinajstić information content (AvgIpc) is 2.85. The van der Waals surface area contributed by atoms with E-state index in [2.05, 4.69) is 13.8 Å². The first-order valence-corrected chi connectivity index (χ1v) is 10.6. The first kappa shape index (κ1) is 17.4. The highest BCUT2D eigenvalue weighted by Gasteiger charge is 2.47. The van der Waals surface area contributed by atoms with E-state index in [0.717, 1.165) is 37.5 Å². The molecule has 2 fully saturated rings. The predicted octanol–water partition coefficient (Wildman–Crippen LogP) is 5.20. The van der Waals surface area contributed by atoms with Gasteiger partial charge in [0.2, 0.25) is 0 Å². The number of nitrogens with zero attached hydrogens (tertiary/aromatic N) is 2. The molecule has 2 aliphatic carbocycles. The largest absolute Gasteiger partial charge is 0.472 e. The van der Waals surface area contributed by atoms with Crippen LogP contribution in [-0.2, 0) is 9.47 Å². The van der Waals surface area contributed by atoms with Crippen LogP contribution in [0.2, 0.25) is 0 Å². The molecule has 25 heavy (non-hydrogen) atoms. The van der Waals surface area contributed by atoms with Crippen LogP contribution in [-0.4, -0.2) is 35.1 Å². The molecule has 2 heterocycles. The standard InChI is InChI=1S/C21H34N2O2/c1-16-20(11-7-3-4-8-12-20)24-18(22-16)15-19-23-17(2)21(25-19)13-9-5-6-10-14-21/h16-17H,3-15H2,1-2H3/t16-,17-/m0/s1. The van der Waals surface area contributed by atoms with Crippen molar-refractivity contribution in [1.82, 2.24) is 0 Å². The van der Waals surface area contributed by atoms with Crippen LogP contribution in [0.25, 0.3) is 0 Å². The van der Waals surface area contributed by atoms with Crippen LogP contribution >= 0.6 is 0 Å². The van der Waals surface area contributed by atoms with E-state index in [1.54, 1.807) is 0 Å². The zero-order valence-electron chi connectivity index (χ0n) is 16.1. The molecule has 140 valence electrons. The van der Waals surface area contributed by atoms with Crippen LogP contribution in [0, 0.1) is 0 Å². The van der Waals surface area contributed by atoms with Gasteiger partial charge in [-0.2, -0.15) is 0 Å². The lowest BCUT2D eigenvalue weighted by atomic mass is 9.88. The maximum absolute atomic E-state index is 6.47. The lowest BCUT2D eigenvalue weighted by molar-refractivity contribution is 0.0366. The summed E-state index contributed by atoms with van der Waals surface area (Å²) in [6.07, 6.45) is 15.7. The summed E-state index contributed by atoms with van der Waals surface area (Å²) >= 11 is 0. The molecular formula is C21H34N2O2. The van der Waals surface area contributed by atoms with Gasteiger partial charge in [-0.05, 0) is 65.2 Å². The number of hydrogen-bond acceptors (Lipinski definition) is 4. The molecule has 0 amide bonds. The number of hydrogen-bond donors (Lipinski definition) is 0. The van der Waals surface area contributed by atoms with E-state index in [4.69, 9.17) is 19.5 Å². The fraction of sp³-hybridized carbons (Fsp3) is 0.905. The Morgan fingerprint density at radius 3 is 1.40 bits per heavy atom. The zero-order valence-corrected chi connectivity index (χ0v) is 16.1. The van der Waals surface area contributed by atoms with Gasteiger partial charge in [0.05, 0.1) is 18.5 Å². The second kappa shape index (κ2) is 6.92. The topological polar surface area (TPSA) is 43.2 Å². The molecule has 2 spiro atoms. The molecule has 2 atom stereocenters. The van der Waals surface area contributed by atoms with Gasteiger partial charge in [-0.25, -0.2) is 9.98 Å². The number of rotatable bonds is 2. The molecule has 2 aliphatic heterocycles. The summed E-state index contributed by atoms with van der Waals surface area (Å²) in [5.41, 5.74) is -0.0900. The van der Waals surface area contributed by atoms with Gasteiger partial charge in [0.1, 0.15) is 11.2 Å². The van der Waals surface area contributed by atoms with Crippen LogP contribution in [0.1, 0.15) is 97.3 Å². The molecule has 0 unspecified atom stereocenters. The fourth-order valence-corrected chi connectivity index (χ4v) is 5.35. The average molecular weight is 347 g/mol. The summed E-state index contributed by atoms with van der Waals surface area (Å²) in [6, 6.07) is 0.540. The Morgan fingerprint density at radius 1 is 0.680 bits per heavy atom. The van der Waals surface area contributed by atoms with Gasteiger partial charge in [0.25, 0.3) is 0 Å². The van der Waals surface area contributed by atoms with Crippen molar-refractivity contribution in [3.05, 3.63) is 0 Å². The number of aliphatic imine (C=N–C) groups is 2. The monoisotopic (exact) mass is 346 g/mol. The molecule has 4 aliphatic rings. The highest BCUT2D eigenvalue weighted by molar-refractivity contribution is 5.98. The summed E-state index contributed by atoms with van der Waals surface area (Å²) < 4.78 is 12.9. The lowest BCUT2D eigenvalue weighted by Gasteiger charge is -2.31. The molecule has 4 rings (SSSR count). The van der Waals surface area contributed by atoms with E-state index in [-0.39, 0.29) is 23.3 Å². The predicted molar refractivity (Wildman–Crippen MR) is 101 cm³/mol. The molecule has 0 bridgehead atoms. The van der Waals surface area contributed by atoms with Gasteiger partial charge in [0.15, 0.2) is 11.8 Å². The van der Waals surface area contributed by atoms with Crippen molar-refractivity contribution in [3.8, 4) is 0 Å². The maximum atomic E-state index is 6.47. The van der Waals surface area contributed by atoms with Gasteiger partial charge in [-0.1, -0.05) is 25.7 Å². The van der Waals surface area contributed by atoms with Crippen LogP contribution < -0.4 is 0 Å². The zero-order chi connectivity index (χ0) is 17.3. The Balaban J connectivity index is 1.41. The Hall–Kier alpha value is -1.06. The van der Waals surface area contributed by atoms with Crippen LogP contribution in [0.3, 0.4) is 0 Å². The Kier molecular flexibility index (Phi) is 4.81. The van der Waals surface area contributed by atoms with Crippen molar-refractivity contribution >= 4 is 11.8 Å². The molecular weight excluding hydrogens is 312 g/mol. The second-order valence-electron chi connectivity index (χ2n) is 8.74. The van der Waals surface area contributed by atoms with Gasteiger partial charge < -0.3 is 9.47 Å². The van der Waals surface area contributed by atoms with E-state index in [1.807, 2.05) is 0 Å². The molecule has 2 saturated carbocycles. The van der Waals surface area contributed by atoms with E-state index in [1.165, 1.54) is 51.4 Å². The van der Waals surface area contributed by atoms with E-state index in [0.29, 0.717) is 6.42 Å².